The molecule has 0 spiro atoms. The first-order valence-electron chi connectivity index (χ1n) is 7.07. The molecule has 4 nitrogen and oxygen atoms in total. The lowest BCUT2D eigenvalue weighted by molar-refractivity contribution is 0.187. The standard InChI is InChI=1S/C14H28N4/c1-4-9-16-14(15-3)17-10-6-13-7-11-18(5-2)12-8-13/h4,13H,1,5-12H2,2-3H3,(H2,15,16,17). The van der Waals surface area contributed by atoms with Gasteiger partial charge in [0.1, 0.15) is 0 Å². The number of aliphatic imine (C=N–C) groups is 1. The van der Waals surface area contributed by atoms with E-state index < -0.39 is 0 Å². The minimum Gasteiger partial charge on any atom is -0.356 e. The quantitative estimate of drug-likeness (QED) is 0.427. The molecule has 1 rings (SSSR count). The maximum atomic E-state index is 4.17. The highest BCUT2D eigenvalue weighted by Gasteiger charge is 2.17. The molecule has 18 heavy (non-hydrogen) atoms. The van der Waals surface area contributed by atoms with Gasteiger partial charge in [0.15, 0.2) is 5.96 Å². The molecule has 1 heterocycles. The van der Waals surface area contributed by atoms with Gasteiger partial charge >= 0.3 is 0 Å². The van der Waals surface area contributed by atoms with Crippen molar-refractivity contribution in [3.8, 4) is 0 Å². The molecule has 0 bridgehead atoms. The fourth-order valence-electron chi connectivity index (χ4n) is 2.38. The maximum absolute atomic E-state index is 4.17. The molecule has 0 radical (unpaired) electrons. The summed E-state index contributed by atoms with van der Waals surface area (Å²) in [6, 6.07) is 0. The minimum atomic E-state index is 0.758. The van der Waals surface area contributed by atoms with E-state index in [0.717, 1.165) is 25.0 Å². The van der Waals surface area contributed by atoms with Crippen molar-refractivity contribution < 1.29 is 0 Å². The molecule has 1 saturated heterocycles. The third kappa shape index (κ3) is 5.54. The molecule has 0 atom stereocenters. The number of likely N-dealkylation sites (tertiary alicyclic amines) is 1. The van der Waals surface area contributed by atoms with Gasteiger partial charge in [-0.2, -0.15) is 0 Å². The molecule has 4 heteroatoms. The number of hydrogen-bond donors (Lipinski definition) is 2. The molecule has 0 aromatic rings. The van der Waals surface area contributed by atoms with Crippen molar-refractivity contribution in [1.29, 1.82) is 0 Å². The van der Waals surface area contributed by atoms with Gasteiger partial charge < -0.3 is 15.5 Å². The van der Waals surface area contributed by atoms with Crippen molar-refractivity contribution >= 4 is 5.96 Å². The van der Waals surface area contributed by atoms with Gasteiger partial charge in [-0.15, -0.1) is 6.58 Å². The molecular formula is C14H28N4. The first kappa shape index (κ1) is 15.0. The fourth-order valence-corrected chi connectivity index (χ4v) is 2.38. The van der Waals surface area contributed by atoms with Crippen LogP contribution < -0.4 is 10.6 Å². The van der Waals surface area contributed by atoms with Gasteiger partial charge in [0.25, 0.3) is 0 Å². The SMILES string of the molecule is C=CCNC(=NC)NCCC1CCN(CC)CC1. The van der Waals surface area contributed by atoms with Gasteiger partial charge in [-0.3, -0.25) is 4.99 Å². The van der Waals surface area contributed by atoms with Gasteiger partial charge in [-0.1, -0.05) is 13.0 Å². The van der Waals surface area contributed by atoms with Crippen molar-refractivity contribution in [2.45, 2.75) is 26.2 Å². The average Bonchev–Trinajstić information content (AvgIpc) is 2.43. The Kier molecular flexibility index (Phi) is 7.49. The highest BCUT2D eigenvalue weighted by molar-refractivity contribution is 5.79. The third-order valence-corrected chi connectivity index (χ3v) is 3.64. The number of hydrogen-bond acceptors (Lipinski definition) is 2. The lowest BCUT2D eigenvalue weighted by atomic mass is 9.93. The second-order valence-corrected chi connectivity index (χ2v) is 4.83. The van der Waals surface area contributed by atoms with Crippen LogP contribution in [0, 0.1) is 5.92 Å². The zero-order chi connectivity index (χ0) is 13.2. The molecule has 0 aromatic carbocycles. The number of nitrogens with one attached hydrogen (secondary N) is 2. The summed E-state index contributed by atoms with van der Waals surface area (Å²) in [4.78, 5) is 6.71. The second kappa shape index (κ2) is 8.97. The summed E-state index contributed by atoms with van der Waals surface area (Å²) >= 11 is 0. The summed E-state index contributed by atoms with van der Waals surface area (Å²) in [5, 5.41) is 6.54. The van der Waals surface area contributed by atoms with Crippen LogP contribution in [0.4, 0.5) is 0 Å². The topological polar surface area (TPSA) is 39.7 Å². The normalized spacial score (nSPS) is 18.7. The van der Waals surface area contributed by atoms with E-state index in [1.807, 2.05) is 6.08 Å². The number of guanidine groups is 1. The third-order valence-electron chi connectivity index (χ3n) is 3.64. The zero-order valence-electron chi connectivity index (χ0n) is 11.9. The van der Waals surface area contributed by atoms with Crippen LogP contribution in [0.15, 0.2) is 17.6 Å². The molecule has 1 aliphatic heterocycles. The monoisotopic (exact) mass is 252 g/mol. The van der Waals surface area contributed by atoms with Gasteiger partial charge in [0, 0.05) is 20.1 Å². The van der Waals surface area contributed by atoms with Crippen LogP contribution in [0.3, 0.4) is 0 Å². The number of nitrogens with zero attached hydrogens (tertiary/aromatic N) is 2. The van der Waals surface area contributed by atoms with Gasteiger partial charge in [0.2, 0.25) is 0 Å². The summed E-state index contributed by atoms with van der Waals surface area (Å²) in [6.07, 6.45) is 5.77. The van der Waals surface area contributed by atoms with Crippen LogP contribution in [0.2, 0.25) is 0 Å². The predicted octanol–water partition coefficient (Wildman–Crippen LogP) is 1.46. The molecular weight excluding hydrogens is 224 g/mol. The van der Waals surface area contributed by atoms with Crippen LogP contribution in [0.1, 0.15) is 26.2 Å². The van der Waals surface area contributed by atoms with Crippen molar-refractivity contribution in [1.82, 2.24) is 15.5 Å². The summed E-state index contributed by atoms with van der Waals surface area (Å²) < 4.78 is 0. The van der Waals surface area contributed by atoms with Crippen LogP contribution in [0.25, 0.3) is 0 Å². The highest BCUT2D eigenvalue weighted by Crippen LogP contribution is 2.19. The van der Waals surface area contributed by atoms with Crippen LogP contribution in [0.5, 0.6) is 0 Å². The summed E-state index contributed by atoms with van der Waals surface area (Å²) in [6.45, 7) is 11.4. The van der Waals surface area contributed by atoms with Gasteiger partial charge in [-0.25, -0.2) is 0 Å². The number of rotatable bonds is 6. The average molecular weight is 252 g/mol. The Morgan fingerprint density at radius 2 is 2.11 bits per heavy atom. The maximum Gasteiger partial charge on any atom is 0.191 e. The molecule has 0 amide bonds. The Labute approximate surface area is 112 Å². The molecule has 0 unspecified atom stereocenters. The Morgan fingerprint density at radius 3 is 2.67 bits per heavy atom. The Hall–Kier alpha value is -1.03. The largest absolute Gasteiger partial charge is 0.356 e. The molecule has 0 aliphatic carbocycles. The summed E-state index contributed by atoms with van der Waals surface area (Å²) in [7, 11) is 1.80. The van der Waals surface area contributed by atoms with Crippen molar-refractivity contribution in [3.05, 3.63) is 12.7 Å². The van der Waals surface area contributed by atoms with E-state index in [4.69, 9.17) is 0 Å². The molecule has 104 valence electrons. The van der Waals surface area contributed by atoms with Crippen LogP contribution >= 0.6 is 0 Å². The van der Waals surface area contributed by atoms with E-state index in [1.165, 1.54) is 38.9 Å². The van der Waals surface area contributed by atoms with E-state index in [2.05, 4.69) is 34.0 Å². The van der Waals surface area contributed by atoms with E-state index in [1.54, 1.807) is 7.05 Å². The van der Waals surface area contributed by atoms with Gasteiger partial charge in [0.05, 0.1) is 0 Å². The van der Waals surface area contributed by atoms with Crippen molar-refractivity contribution in [2.24, 2.45) is 10.9 Å². The summed E-state index contributed by atoms with van der Waals surface area (Å²) in [5.41, 5.74) is 0. The second-order valence-electron chi connectivity index (χ2n) is 4.83. The Morgan fingerprint density at radius 1 is 1.39 bits per heavy atom. The van der Waals surface area contributed by atoms with Crippen LogP contribution in [-0.4, -0.2) is 50.6 Å². The Balaban J connectivity index is 2.12. The predicted molar refractivity (Wildman–Crippen MR) is 79.0 cm³/mol. The van der Waals surface area contributed by atoms with Crippen molar-refractivity contribution in [3.63, 3.8) is 0 Å². The Bertz CT molecular complexity index is 255. The molecule has 1 fully saturated rings. The van der Waals surface area contributed by atoms with Crippen LogP contribution in [-0.2, 0) is 0 Å². The highest BCUT2D eigenvalue weighted by atomic mass is 15.2. The summed E-state index contributed by atoms with van der Waals surface area (Å²) in [5.74, 6) is 1.75. The zero-order valence-corrected chi connectivity index (χ0v) is 11.9. The fraction of sp³-hybridized carbons (Fsp3) is 0.786. The smallest absolute Gasteiger partial charge is 0.191 e. The molecule has 1 aliphatic rings. The first-order valence-corrected chi connectivity index (χ1v) is 7.07. The lowest BCUT2D eigenvalue weighted by Gasteiger charge is -2.31. The molecule has 2 N–H and O–H groups in total. The lowest BCUT2D eigenvalue weighted by Crippen LogP contribution is -2.39. The molecule has 0 saturated carbocycles. The first-order chi connectivity index (χ1) is 8.80. The van der Waals surface area contributed by atoms with E-state index in [0.29, 0.717) is 0 Å². The van der Waals surface area contributed by atoms with Crippen molar-refractivity contribution in [2.75, 3.05) is 39.8 Å². The molecule has 0 aromatic heterocycles. The van der Waals surface area contributed by atoms with E-state index >= 15 is 0 Å². The van der Waals surface area contributed by atoms with E-state index in [9.17, 15) is 0 Å². The van der Waals surface area contributed by atoms with E-state index in [-0.39, 0.29) is 0 Å². The minimum absolute atomic E-state index is 0.758. The number of piperidine rings is 1. The van der Waals surface area contributed by atoms with Gasteiger partial charge in [-0.05, 0) is 44.8 Å².